The number of aromatic nitrogens is 3. The van der Waals surface area contributed by atoms with Crippen molar-refractivity contribution in [2.45, 2.75) is 38.0 Å². The van der Waals surface area contributed by atoms with Gasteiger partial charge in [0, 0.05) is 41.5 Å². The first-order valence-electron chi connectivity index (χ1n) is 10.7. The second kappa shape index (κ2) is 9.78. The molecule has 0 spiro atoms. The third kappa shape index (κ3) is 5.43. The van der Waals surface area contributed by atoms with Crippen molar-refractivity contribution in [3.63, 3.8) is 0 Å². The Hall–Kier alpha value is -2.87. The van der Waals surface area contributed by atoms with Gasteiger partial charge in [-0.3, -0.25) is 4.90 Å². The highest BCUT2D eigenvalue weighted by atomic mass is 35.5. The summed E-state index contributed by atoms with van der Waals surface area (Å²) in [4.78, 5) is 14.7. The van der Waals surface area contributed by atoms with Crippen LogP contribution < -0.4 is 5.32 Å². The summed E-state index contributed by atoms with van der Waals surface area (Å²) in [6, 6.07) is 12.0. The Morgan fingerprint density at radius 1 is 1.18 bits per heavy atom. The van der Waals surface area contributed by atoms with E-state index in [0.717, 1.165) is 54.7 Å². The number of rotatable bonds is 5. The molecule has 0 amide bonds. The first kappa shape index (κ1) is 24.3. The van der Waals surface area contributed by atoms with Gasteiger partial charge in [-0.2, -0.15) is 18.4 Å². The highest BCUT2D eigenvalue weighted by Crippen LogP contribution is 2.33. The van der Waals surface area contributed by atoms with Crippen molar-refractivity contribution in [3.05, 3.63) is 52.8 Å². The molecule has 1 saturated heterocycles. The lowest BCUT2D eigenvalue weighted by Crippen LogP contribution is -2.38. The highest BCUT2D eigenvalue weighted by Gasteiger charge is 2.29. The number of anilines is 1. The van der Waals surface area contributed by atoms with E-state index in [1.54, 1.807) is 6.07 Å². The van der Waals surface area contributed by atoms with E-state index in [-0.39, 0.29) is 23.3 Å². The molecule has 6 nitrogen and oxygen atoms in total. The Morgan fingerprint density at radius 3 is 2.71 bits per heavy atom. The van der Waals surface area contributed by atoms with Gasteiger partial charge in [0.25, 0.3) is 0 Å². The standard InChI is InChI=1S/C23H21F3N6S.ClH/c24-23(25,26)10-18-9-19-21(28-13-29-22(19)33-18)31-16-3-5-32(6-4-16)12-14-1-2-20-15(7-14)8-17(11-27)30-20;/h1-2,7-9,13,16,30H,3-6,10,12H2,(H,28,29,31);1H. The third-order valence-electron chi connectivity index (χ3n) is 5.90. The van der Waals surface area contributed by atoms with Crippen LogP contribution in [0, 0.1) is 11.3 Å². The van der Waals surface area contributed by atoms with Crippen molar-refractivity contribution in [1.82, 2.24) is 19.9 Å². The zero-order chi connectivity index (χ0) is 23.0. The van der Waals surface area contributed by atoms with Crippen molar-refractivity contribution in [2.24, 2.45) is 0 Å². The summed E-state index contributed by atoms with van der Waals surface area (Å²) >= 11 is 1.07. The zero-order valence-corrected chi connectivity index (χ0v) is 19.7. The number of nitriles is 1. The van der Waals surface area contributed by atoms with Crippen LogP contribution >= 0.6 is 23.7 Å². The number of benzene rings is 1. The number of halogens is 4. The maximum Gasteiger partial charge on any atom is 0.393 e. The number of hydrogen-bond donors (Lipinski definition) is 2. The summed E-state index contributed by atoms with van der Waals surface area (Å²) in [5.74, 6) is 0.606. The molecular formula is C23H22ClF3N6S. The number of H-pyrrole nitrogens is 1. The van der Waals surface area contributed by atoms with E-state index in [4.69, 9.17) is 5.26 Å². The van der Waals surface area contributed by atoms with Crippen LogP contribution in [-0.2, 0) is 13.0 Å². The predicted octanol–water partition coefficient (Wildman–Crippen LogP) is 5.65. The molecule has 2 N–H and O–H groups in total. The molecule has 4 heterocycles. The van der Waals surface area contributed by atoms with Gasteiger partial charge in [-0.25, -0.2) is 9.97 Å². The molecule has 178 valence electrons. The van der Waals surface area contributed by atoms with Crippen molar-refractivity contribution >= 4 is 50.7 Å². The number of nitrogens with zero attached hydrogens (tertiary/aromatic N) is 4. The molecule has 3 aromatic heterocycles. The monoisotopic (exact) mass is 506 g/mol. The van der Waals surface area contributed by atoms with Gasteiger partial charge in [-0.05, 0) is 42.7 Å². The van der Waals surface area contributed by atoms with E-state index in [1.165, 1.54) is 11.9 Å². The van der Waals surface area contributed by atoms with E-state index in [1.807, 2.05) is 12.1 Å². The number of piperidine rings is 1. The molecule has 0 aliphatic carbocycles. The summed E-state index contributed by atoms with van der Waals surface area (Å²) in [6.45, 7) is 2.64. The number of likely N-dealkylation sites (tertiary alicyclic amines) is 1. The van der Waals surface area contributed by atoms with Gasteiger partial charge in [0.2, 0.25) is 0 Å². The average Bonchev–Trinajstić information content (AvgIpc) is 3.37. The van der Waals surface area contributed by atoms with E-state index in [2.05, 4.69) is 43.4 Å². The SMILES string of the molecule is Cl.N#Cc1cc2cc(CN3CCC(Nc4ncnc5sc(CC(F)(F)F)cc45)CC3)ccc2[nH]1. The van der Waals surface area contributed by atoms with Gasteiger partial charge in [0.15, 0.2) is 0 Å². The van der Waals surface area contributed by atoms with Crippen LogP contribution in [0.15, 0.2) is 36.7 Å². The smallest absolute Gasteiger partial charge is 0.367 e. The van der Waals surface area contributed by atoms with Crippen LogP contribution in [-0.4, -0.2) is 45.2 Å². The highest BCUT2D eigenvalue weighted by molar-refractivity contribution is 7.18. The van der Waals surface area contributed by atoms with Crippen molar-refractivity contribution in [3.8, 4) is 6.07 Å². The fourth-order valence-electron chi connectivity index (χ4n) is 4.33. The molecule has 5 rings (SSSR count). The van der Waals surface area contributed by atoms with Crippen LogP contribution in [0.3, 0.4) is 0 Å². The van der Waals surface area contributed by atoms with Crippen LogP contribution in [0.1, 0.15) is 29.0 Å². The van der Waals surface area contributed by atoms with E-state index < -0.39 is 12.6 Å². The molecule has 0 radical (unpaired) electrons. The predicted molar refractivity (Wildman–Crippen MR) is 129 cm³/mol. The topological polar surface area (TPSA) is 80.6 Å². The molecule has 1 aliphatic rings. The number of fused-ring (bicyclic) bond motifs is 2. The molecule has 1 aliphatic heterocycles. The molecule has 0 saturated carbocycles. The van der Waals surface area contributed by atoms with Gasteiger partial charge < -0.3 is 10.3 Å². The fourth-order valence-corrected chi connectivity index (χ4v) is 5.36. The lowest BCUT2D eigenvalue weighted by atomic mass is 10.0. The van der Waals surface area contributed by atoms with Gasteiger partial charge >= 0.3 is 6.18 Å². The molecule has 11 heteroatoms. The van der Waals surface area contributed by atoms with Gasteiger partial charge in [-0.15, -0.1) is 23.7 Å². The number of aromatic amines is 1. The van der Waals surface area contributed by atoms with Crippen LogP contribution in [0.4, 0.5) is 19.0 Å². The Bertz CT molecular complexity index is 1330. The molecule has 0 unspecified atom stereocenters. The van der Waals surface area contributed by atoms with Gasteiger partial charge in [0.1, 0.15) is 28.7 Å². The van der Waals surface area contributed by atoms with Crippen LogP contribution in [0.5, 0.6) is 0 Å². The van der Waals surface area contributed by atoms with E-state index in [0.29, 0.717) is 21.7 Å². The molecule has 34 heavy (non-hydrogen) atoms. The normalized spacial score (nSPS) is 15.4. The second-order valence-corrected chi connectivity index (χ2v) is 9.47. The second-order valence-electron chi connectivity index (χ2n) is 8.36. The van der Waals surface area contributed by atoms with Crippen molar-refractivity contribution in [2.75, 3.05) is 18.4 Å². The number of thiophene rings is 1. The summed E-state index contributed by atoms with van der Waals surface area (Å²) in [6.07, 6.45) is -1.95. The summed E-state index contributed by atoms with van der Waals surface area (Å²) in [5, 5.41) is 14.2. The lowest BCUT2D eigenvalue weighted by molar-refractivity contribution is -0.126. The number of nitrogens with one attached hydrogen (secondary N) is 2. The minimum Gasteiger partial charge on any atom is -0.367 e. The molecule has 1 fully saturated rings. The fraction of sp³-hybridized carbons (Fsp3) is 0.348. The quantitative estimate of drug-likeness (QED) is 0.366. The van der Waals surface area contributed by atoms with Gasteiger partial charge in [0.05, 0.1) is 11.8 Å². The van der Waals surface area contributed by atoms with E-state index >= 15 is 0 Å². The molecule has 0 bridgehead atoms. The minimum atomic E-state index is -4.24. The maximum atomic E-state index is 12.8. The minimum absolute atomic E-state index is 0. The Morgan fingerprint density at radius 2 is 1.97 bits per heavy atom. The van der Waals surface area contributed by atoms with Crippen molar-refractivity contribution < 1.29 is 13.2 Å². The largest absolute Gasteiger partial charge is 0.393 e. The Kier molecular flexibility index (Phi) is 6.98. The first-order chi connectivity index (χ1) is 15.9. The molecule has 0 atom stereocenters. The first-order valence-corrected chi connectivity index (χ1v) is 11.5. The van der Waals surface area contributed by atoms with Crippen LogP contribution in [0.2, 0.25) is 0 Å². The van der Waals surface area contributed by atoms with Crippen LogP contribution in [0.25, 0.3) is 21.1 Å². The average molecular weight is 507 g/mol. The van der Waals surface area contributed by atoms with E-state index in [9.17, 15) is 13.2 Å². The third-order valence-corrected chi connectivity index (χ3v) is 6.94. The number of alkyl halides is 3. The van der Waals surface area contributed by atoms with Gasteiger partial charge in [-0.1, -0.05) is 6.07 Å². The molecular weight excluding hydrogens is 485 g/mol. The maximum absolute atomic E-state index is 12.8. The molecule has 4 aromatic rings. The lowest BCUT2D eigenvalue weighted by Gasteiger charge is -2.32. The van der Waals surface area contributed by atoms with Crippen molar-refractivity contribution in [1.29, 1.82) is 5.26 Å². The number of hydrogen-bond acceptors (Lipinski definition) is 6. The summed E-state index contributed by atoms with van der Waals surface area (Å²) in [7, 11) is 0. The zero-order valence-electron chi connectivity index (χ0n) is 18.0. The summed E-state index contributed by atoms with van der Waals surface area (Å²) < 4.78 is 38.3. The molecule has 1 aromatic carbocycles. The Balaban J connectivity index is 0.00000274. The Labute approximate surface area is 204 Å². The summed E-state index contributed by atoms with van der Waals surface area (Å²) in [5.41, 5.74) is 2.72.